The van der Waals surface area contributed by atoms with Gasteiger partial charge in [-0.2, -0.15) is 0 Å². The van der Waals surface area contributed by atoms with E-state index >= 15 is 0 Å². The lowest BCUT2D eigenvalue weighted by Crippen LogP contribution is -2.04. The van der Waals surface area contributed by atoms with Crippen LogP contribution < -0.4 is 5.32 Å². The molecule has 0 aliphatic rings. The standard InChI is InChI=1S/C15H11F2N3/c16-12-6-2-1-4-10(12)8-18-15-11-5-3-7-13(17)14(11)19-9-20-15/h1-7,9H,8H2,(H,18,19,20). The van der Waals surface area contributed by atoms with Gasteiger partial charge in [0, 0.05) is 17.5 Å². The minimum absolute atomic E-state index is 0.249. The smallest absolute Gasteiger partial charge is 0.149 e. The maximum atomic E-state index is 13.6. The Bertz CT molecular complexity index is 759. The zero-order valence-electron chi connectivity index (χ0n) is 10.5. The first kappa shape index (κ1) is 12.5. The zero-order valence-corrected chi connectivity index (χ0v) is 10.5. The molecule has 1 aromatic heterocycles. The minimum Gasteiger partial charge on any atom is -0.365 e. The second-order valence-corrected chi connectivity index (χ2v) is 4.30. The van der Waals surface area contributed by atoms with Gasteiger partial charge in [0.1, 0.15) is 29.3 Å². The highest BCUT2D eigenvalue weighted by atomic mass is 19.1. The van der Waals surface area contributed by atoms with Gasteiger partial charge in [0.25, 0.3) is 0 Å². The minimum atomic E-state index is -0.404. The molecule has 3 aromatic rings. The average molecular weight is 271 g/mol. The van der Waals surface area contributed by atoms with Gasteiger partial charge in [-0.15, -0.1) is 0 Å². The van der Waals surface area contributed by atoms with E-state index in [4.69, 9.17) is 0 Å². The van der Waals surface area contributed by atoms with Gasteiger partial charge in [0.05, 0.1) is 0 Å². The van der Waals surface area contributed by atoms with Crippen molar-refractivity contribution in [1.82, 2.24) is 9.97 Å². The van der Waals surface area contributed by atoms with Crippen LogP contribution in [-0.4, -0.2) is 9.97 Å². The molecule has 0 unspecified atom stereocenters. The Morgan fingerprint density at radius 3 is 2.55 bits per heavy atom. The lowest BCUT2D eigenvalue weighted by molar-refractivity contribution is 0.613. The highest BCUT2D eigenvalue weighted by molar-refractivity contribution is 5.89. The summed E-state index contributed by atoms with van der Waals surface area (Å²) in [6, 6.07) is 11.1. The molecule has 0 radical (unpaired) electrons. The van der Waals surface area contributed by atoms with Gasteiger partial charge in [-0.05, 0) is 18.2 Å². The molecule has 1 N–H and O–H groups in total. The fraction of sp³-hybridized carbons (Fsp3) is 0.0667. The maximum absolute atomic E-state index is 13.6. The molecule has 0 atom stereocenters. The van der Waals surface area contributed by atoms with Crippen molar-refractivity contribution in [3.63, 3.8) is 0 Å². The molecule has 0 bridgehead atoms. The van der Waals surface area contributed by atoms with Crippen molar-refractivity contribution in [2.75, 3.05) is 5.32 Å². The summed E-state index contributed by atoms with van der Waals surface area (Å²) in [6.07, 6.45) is 1.29. The molecule has 0 aliphatic heterocycles. The third-order valence-electron chi connectivity index (χ3n) is 3.02. The number of anilines is 1. The maximum Gasteiger partial charge on any atom is 0.149 e. The van der Waals surface area contributed by atoms with E-state index in [0.717, 1.165) is 0 Å². The number of hydrogen-bond donors (Lipinski definition) is 1. The second kappa shape index (κ2) is 5.21. The number of benzene rings is 2. The average Bonchev–Trinajstić information content (AvgIpc) is 2.47. The summed E-state index contributed by atoms with van der Waals surface area (Å²) in [5.74, 6) is -0.207. The monoisotopic (exact) mass is 271 g/mol. The number of aromatic nitrogens is 2. The van der Waals surface area contributed by atoms with Crippen LogP contribution in [0.3, 0.4) is 0 Å². The van der Waals surface area contributed by atoms with E-state index in [2.05, 4.69) is 15.3 Å². The fourth-order valence-electron chi connectivity index (χ4n) is 2.01. The van der Waals surface area contributed by atoms with Gasteiger partial charge in [0.15, 0.2) is 0 Å². The van der Waals surface area contributed by atoms with Crippen LogP contribution in [0.5, 0.6) is 0 Å². The van der Waals surface area contributed by atoms with Gasteiger partial charge in [0.2, 0.25) is 0 Å². The quantitative estimate of drug-likeness (QED) is 0.792. The molecule has 0 amide bonds. The van der Waals surface area contributed by atoms with Crippen molar-refractivity contribution >= 4 is 16.7 Å². The molecule has 3 nitrogen and oxygen atoms in total. The van der Waals surface area contributed by atoms with Crippen molar-refractivity contribution in [2.45, 2.75) is 6.54 Å². The number of hydrogen-bond acceptors (Lipinski definition) is 3. The van der Waals surface area contributed by atoms with Gasteiger partial charge in [-0.25, -0.2) is 18.7 Å². The van der Waals surface area contributed by atoms with E-state index in [-0.39, 0.29) is 17.9 Å². The van der Waals surface area contributed by atoms with Crippen LogP contribution in [0, 0.1) is 11.6 Å². The summed E-state index contributed by atoms with van der Waals surface area (Å²) >= 11 is 0. The molecule has 0 aliphatic carbocycles. The lowest BCUT2D eigenvalue weighted by atomic mass is 10.2. The Hall–Kier alpha value is -2.56. The highest BCUT2D eigenvalue weighted by Crippen LogP contribution is 2.21. The Labute approximate surface area is 114 Å². The van der Waals surface area contributed by atoms with Crippen LogP contribution in [0.25, 0.3) is 10.9 Å². The van der Waals surface area contributed by atoms with Crippen LogP contribution in [0.15, 0.2) is 48.8 Å². The lowest BCUT2D eigenvalue weighted by Gasteiger charge is -2.09. The number of nitrogens with one attached hydrogen (secondary N) is 1. The van der Waals surface area contributed by atoms with Crippen LogP contribution in [0.4, 0.5) is 14.6 Å². The van der Waals surface area contributed by atoms with E-state index in [1.165, 1.54) is 18.5 Å². The first-order valence-electron chi connectivity index (χ1n) is 6.12. The van der Waals surface area contributed by atoms with E-state index < -0.39 is 5.82 Å². The normalized spacial score (nSPS) is 10.7. The topological polar surface area (TPSA) is 37.8 Å². The largest absolute Gasteiger partial charge is 0.365 e. The predicted molar refractivity (Wildman–Crippen MR) is 73.2 cm³/mol. The first-order valence-corrected chi connectivity index (χ1v) is 6.12. The van der Waals surface area contributed by atoms with E-state index in [1.807, 2.05) is 0 Å². The Morgan fingerprint density at radius 1 is 0.900 bits per heavy atom. The van der Waals surface area contributed by atoms with Crippen LogP contribution in [-0.2, 0) is 6.54 Å². The molecule has 0 fully saturated rings. The van der Waals surface area contributed by atoms with Crippen molar-refractivity contribution in [1.29, 1.82) is 0 Å². The van der Waals surface area contributed by atoms with Crippen LogP contribution in [0.1, 0.15) is 5.56 Å². The Balaban J connectivity index is 1.92. The Morgan fingerprint density at radius 2 is 1.70 bits per heavy atom. The molecule has 1 heterocycles. The van der Waals surface area contributed by atoms with Gasteiger partial charge in [-0.1, -0.05) is 24.3 Å². The molecule has 2 aromatic carbocycles. The summed E-state index contributed by atoms with van der Waals surface area (Å²) in [5.41, 5.74) is 0.772. The molecule has 0 saturated carbocycles. The Kier molecular flexibility index (Phi) is 3.25. The third kappa shape index (κ3) is 2.30. The number of para-hydroxylation sites is 1. The summed E-state index contributed by atoms with van der Waals surface area (Å²) in [7, 11) is 0. The van der Waals surface area contributed by atoms with Crippen molar-refractivity contribution < 1.29 is 8.78 Å². The predicted octanol–water partition coefficient (Wildman–Crippen LogP) is 3.52. The number of fused-ring (bicyclic) bond motifs is 1. The fourth-order valence-corrected chi connectivity index (χ4v) is 2.01. The number of nitrogens with zero attached hydrogens (tertiary/aromatic N) is 2. The van der Waals surface area contributed by atoms with Crippen molar-refractivity contribution in [3.8, 4) is 0 Å². The number of rotatable bonds is 3. The van der Waals surface area contributed by atoms with E-state index in [9.17, 15) is 8.78 Å². The molecule has 0 saturated heterocycles. The third-order valence-corrected chi connectivity index (χ3v) is 3.02. The summed E-state index contributed by atoms with van der Waals surface area (Å²) in [4.78, 5) is 8.00. The van der Waals surface area contributed by atoms with Gasteiger partial charge in [-0.3, -0.25) is 0 Å². The molecular formula is C15H11F2N3. The van der Waals surface area contributed by atoms with Crippen molar-refractivity contribution in [3.05, 3.63) is 66.0 Å². The van der Waals surface area contributed by atoms with E-state index in [0.29, 0.717) is 16.8 Å². The molecular weight excluding hydrogens is 260 g/mol. The first-order chi connectivity index (χ1) is 9.75. The number of halogens is 2. The zero-order chi connectivity index (χ0) is 13.9. The summed E-state index contributed by atoms with van der Waals surface area (Å²) in [6.45, 7) is 0.273. The SMILES string of the molecule is Fc1ccccc1CNc1ncnc2c(F)cccc12. The van der Waals surface area contributed by atoms with Crippen molar-refractivity contribution in [2.24, 2.45) is 0 Å². The van der Waals surface area contributed by atoms with Crippen LogP contribution in [0.2, 0.25) is 0 Å². The summed E-state index contributed by atoms with van der Waals surface area (Å²) in [5, 5.41) is 3.59. The highest BCUT2D eigenvalue weighted by Gasteiger charge is 2.07. The second-order valence-electron chi connectivity index (χ2n) is 4.30. The van der Waals surface area contributed by atoms with E-state index in [1.54, 1.807) is 30.3 Å². The van der Waals surface area contributed by atoms with Gasteiger partial charge < -0.3 is 5.32 Å². The van der Waals surface area contributed by atoms with Crippen LogP contribution >= 0.6 is 0 Å². The molecule has 3 rings (SSSR count). The molecule has 100 valence electrons. The molecule has 20 heavy (non-hydrogen) atoms. The molecule has 5 heteroatoms. The summed E-state index contributed by atoms with van der Waals surface area (Å²) < 4.78 is 27.2. The van der Waals surface area contributed by atoms with Gasteiger partial charge >= 0.3 is 0 Å². The molecule has 0 spiro atoms.